The van der Waals surface area contributed by atoms with Crippen LogP contribution in [0.5, 0.6) is 0 Å². The maximum atomic E-state index is 2.42. The Labute approximate surface area is 142 Å². The van der Waals surface area contributed by atoms with Crippen LogP contribution in [-0.2, 0) is 0 Å². The van der Waals surface area contributed by atoms with E-state index in [1.54, 1.807) is 0 Å². The van der Waals surface area contributed by atoms with Crippen molar-refractivity contribution in [2.24, 2.45) is 5.41 Å². The molecule has 0 amide bonds. The molecular formula is C22H44. The van der Waals surface area contributed by atoms with Crippen molar-refractivity contribution in [3.63, 3.8) is 0 Å². The quantitative estimate of drug-likeness (QED) is 0.210. The lowest BCUT2D eigenvalue weighted by atomic mass is 9.89. The summed E-state index contributed by atoms with van der Waals surface area (Å²) in [5, 5.41) is 0. The van der Waals surface area contributed by atoms with Gasteiger partial charge in [-0.3, -0.25) is 0 Å². The molecule has 22 heavy (non-hydrogen) atoms. The molecule has 0 atom stereocenters. The summed E-state index contributed by atoms with van der Waals surface area (Å²) in [6, 6.07) is 0. The second-order valence-electron chi connectivity index (χ2n) is 8.25. The third-order valence-electron chi connectivity index (χ3n) is 4.44. The van der Waals surface area contributed by atoms with Gasteiger partial charge in [-0.05, 0) is 37.5 Å². The Morgan fingerprint density at radius 1 is 0.545 bits per heavy atom. The number of rotatable bonds is 15. The van der Waals surface area contributed by atoms with Crippen LogP contribution in [0.2, 0.25) is 0 Å². The first-order valence-electron chi connectivity index (χ1n) is 10.2. The molecule has 132 valence electrons. The molecule has 0 heterocycles. The predicted octanol–water partition coefficient (Wildman–Crippen LogP) is 8.46. The molecule has 0 nitrogen and oxygen atoms in total. The van der Waals surface area contributed by atoms with E-state index in [1.807, 2.05) is 0 Å². The first-order chi connectivity index (χ1) is 10.6. The molecule has 0 rings (SSSR count). The number of unbranched alkanes of at least 4 members (excludes halogenated alkanes) is 12. The van der Waals surface area contributed by atoms with E-state index in [9.17, 15) is 0 Å². The van der Waals surface area contributed by atoms with Gasteiger partial charge in [0.15, 0.2) is 0 Å². The van der Waals surface area contributed by atoms with E-state index in [2.05, 4.69) is 39.8 Å². The molecule has 0 aliphatic heterocycles. The highest BCUT2D eigenvalue weighted by Gasteiger charge is 2.08. The van der Waals surface area contributed by atoms with Crippen LogP contribution in [0.15, 0.2) is 12.2 Å². The minimum atomic E-state index is 0.529. The van der Waals surface area contributed by atoms with E-state index < -0.39 is 0 Å². The Morgan fingerprint density at radius 2 is 0.955 bits per heavy atom. The fourth-order valence-corrected chi connectivity index (χ4v) is 2.90. The second kappa shape index (κ2) is 15.6. The molecule has 0 aromatic rings. The molecule has 0 aromatic heterocycles. The molecule has 0 aliphatic carbocycles. The van der Waals surface area contributed by atoms with Crippen molar-refractivity contribution < 1.29 is 0 Å². The zero-order valence-corrected chi connectivity index (χ0v) is 16.3. The molecule has 0 N–H and O–H groups in total. The molecule has 0 heteroatoms. The van der Waals surface area contributed by atoms with Crippen LogP contribution >= 0.6 is 0 Å². The Hall–Kier alpha value is -0.260. The standard InChI is InChI=1S/C22H44/c1-5-6-7-8-9-10-11-12-13-14-15-16-17-18-19-20-21-22(2,3)4/h12-13H,5-11,14-21H2,1-4H3. The first kappa shape index (κ1) is 21.7. The number of allylic oxidation sites excluding steroid dienone is 2. The second-order valence-corrected chi connectivity index (χ2v) is 8.25. The van der Waals surface area contributed by atoms with Crippen LogP contribution in [0.25, 0.3) is 0 Å². The molecule has 0 bridgehead atoms. The summed E-state index contributed by atoms with van der Waals surface area (Å²) in [6.45, 7) is 9.34. The summed E-state index contributed by atoms with van der Waals surface area (Å²) < 4.78 is 0. The molecule has 0 fully saturated rings. The predicted molar refractivity (Wildman–Crippen MR) is 104 cm³/mol. The lowest BCUT2D eigenvalue weighted by molar-refractivity contribution is 0.356. The Morgan fingerprint density at radius 3 is 1.41 bits per heavy atom. The van der Waals surface area contributed by atoms with Gasteiger partial charge in [-0.1, -0.05) is 104 Å². The Balaban J connectivity index is 3.11. The molecule has 0 saturated carbocycles. The minimum absolute atomic E-state index is 0.529. The average Bonchev–Trinajstić information content (AvgIpc) is 2.45. The highest BCUT2D eigenvalue weighted by molar-refractivity contribution is 4.81. The Kier molecular flexibility index (Phi) is 15.4. The van der Waals surface area contributed by atoms with Crippen molar-refractivity contribution in [1.29, 1.82) is 0 Å². The van der Waals surface area contributed by atoms with Crippen LogP contribution in [0.1, 0.15) is 124 Å². The fourth-order valence-electron chi connectivity index (χ4n) is 2.90. The van der Waals surface area contributed by atoms with E-state index in [-0.39, 0.29) is 0 Å². The van der Waals surface area contributed by atoms with Gasteiger partial charge in [0.05, 0.1) is 0 Å². The topological polar surface area (TPSA) is 0 Å². The summed E-state index contributed by atoms with van der Waals surface area (Å²) in [4.78, 5) is 0. The summed E-state index contributed by atoms with van der Waals surface area (Å²) in [6.07, 6.45) is 25.9. The molecule has 0 radical (unpaired) electrons. The highest BCUT2D eigenvalue weighted by Crippen LogP contribution is 2.22. The molecule has 0 aromatic carbocycles. The van der Waals surface area contributed by atoms with E-state index in [0.717, 1.165) is 0 Å². The SMILES string of the molecule is CCCCCCCCC=CCCCCCCCCC(C)(C)C. The molecule has 0 aliphatic rings. The van der Waals surface area contributed by atoms with Gasteiger partial charge < -0.3 is 0 Å². The van der Waals surface area contributed by atoms with Gasteiger partial charge in [0.1, 0.15) is 0 Å². The zero-order chi connectivity index (χ0) is 16.5. The Bertz CT molecular complexity index is 231. The number of hydrogen-bond donors (Lipinski definition) is 0. The largest absolute Gasteiger partial charge is 0.0885 e. The molecule has 0 unspecified atom stereocenters. The van der Waals surface area contributed by atoms with E-state index in [4.69, 9.17) is 0 Å². The van der Waals surface area contributed by atoms with Crippen molar-refractivity contribution in [3.05, 3.63) is 12.2 Å². The van der Waals surface area contributed by atoms with Gasteiger partial charge in [-0.2, -0.15) is 0 Å². The van der Waals surface area contributed by atoms with Crippen LogP contribution in [0.4, 0.5) is 0 Å². The van der Waals surface area contributed by atoms with Gasteiger partial charge in [-0.15, -0.1) is 0 Å². The van der Waals surface area contributed by atoms with Crippen molar-refractivity contribution in [1.82, 2.24) is 0 Å². The lowest BCUT2D eigenvalue weighted by Gasteiger charge is -2.17. The van der Waals surface area contributed by atoms with Crippen molar-refractivity contribution in [2.75, 3.05) is 0 Å². The molecule has 0 saturated heterocycles. The summed E-state index contributed by atoms with van der Waals surface area (Å²) in [5.74, 6) is 0. The van der Waals surface area contributed by atoms with Crippen LogP contribution in [0, 0.1) is 5.41 Å². The third-order valence-corrected chi connectivity index (χ3v) is 4.44. The van der Waals surface area contributed by atoms with Crippen LogP contribution in [-0.4, -0.2) is 0 Å². The van der Waals surface area contributed by atoms with E-state index >= 15 is 0 Å². The summed E-state index contributed by atoms with van der Waals surface area (Å²) >= 11 is 0. The maximum absolute atomic E-state index is 2.42. The van der Waals surface area contributed by atoms with Gasteiger partial charge in [-0.25, -0.2) is 0 Å². The average molecular weight is 309 g/mol. The monoisotopic (exact) mass is 308 g/mol. The van der Waals surface area contributed by atoms with Crippen molar-refractivity contribution in [2.45, 2.75) is 124 Å². The van der Waals surface area contributed by atoms with E-state index in [1.165, 1.54) is 96.3 Å². The van der Waals surface area contributed by atoms with Gasteiger partial charge in [0, 0.05) is 0 Å². The number of hydrogen-bond acceptors (Lipinski definition) is 0. The minimum Gasteiger partial charge on any atom is -0.0885 e. The van der Waals surface area contributed by atoms with Gasteiger partial charge >= 0.3 is 0 Å². The smallest absolute Gasteiger partial charge is 0.0351 e. The third kappa shape index (κ3) is 19.7. The normalized spacial score (nSPS) is 12.4. The molecule has 0 spiro atoms. The van der Waals surface area contributed by atoms with Gasteiger partial charge in [0.2, 0.25) is 0 Å². The van der Waals surface area contributed by atoms with Crippen molar-refractivity contribution in [3.8, 4) is 0 Å². The zero-order valence-electron chi connectivity index (χ0n) is 16.3. The van der Waals surface area contributed by atoms with Crippen LogP contribution in [0.3, 0.4) is 0 Å². The van der Waals surface area contributed by atoms with Crippen molar-refractivity contribution >= 4 is 0 Å². The summed E-state index contributed by atoms with van der Waals surface area (Å²) in [7, 11) is 0. The fraction of sp³-hybridized carbons (Fsp3) is 0.909. The lowest BCUT2D eigenvalue weighted by Crippen LogP contribution is -2.03. The van der Waals surface area contributed by atoms with Crippen LogP contribution < -0.4 is 0 Å². The maximum Gasteiger partial charge on any atom is -0.0351 e. The summed E-state index contributed by atoms with van der Waals surface area (Å²) in [5.41, 5.74) is 0.529. The molecular weight excluding hydrogens is 264 g/mol. The highest BCUT2D eigenvalue weighted by atomic mass is 14.1. The van der Waals surface area contributed by atoms with E-state index in [0.29, 0.717) is 5.41 Å². The van der Waals surface area contributed by atoms with Gasteiger partial charge in [0.25, 0.3) is 0 Å². The first-order valence-corrected chi connectivity index (χ1v) is 10.2.